The van der Waals surface area contributed by atoms with Crippen molar-refractivity contribution in [2.75, 3.05) is 6.61 Å². The second-order valence-corrected chi connectivity index (χ2v) is 5.45. The number of rotatable bonds is 2. The number of halogens is 2. The van der Waals surface area contributed by atoms with Crippen LogP contribution in [0.1, 0.15) is 17.3 Å². The van der Waals surface area contributed by atoms with Gasteiger partial charge in [0.15, 0.2) is 0 Å². The van der Waals surface area contributed by atoms with Gasteiger partial charge in [0.05, 0.1) is 19.4 Å². The van der Waals surface area contributed by atoms with Crippen LogP contribution in [0.3, 0.4) is 0 Å². The molecule has 0 unspecified atom stereocenters. The maximum atomic E-state index is 11.2. The van der Waals surface area contributed by atoms with Crippen molar-refractivity contribution >= 4 is 51.5 Å². The largest absolute Gasteiger partial charge is 0.462 e. The molecule has 1 aromatic heterocycles. The van der Waals surface area contributed by atoms with Crippen LogP contribution in [0.15, 0.2) is 6.07 Å². The molecule has 0 spiro atoms. The monoisotopic (exact) mass is 316 g/mol. The lowest BCUT2D eigenvalue weighted by atomic mass is 10.3. The van der Waals surface area contributed by atoms with Crippen molar-refractivity contribution in [2.45, 2.75) is 6.92 Å². The highest BCUT2D eigenvalue weighted by atomic mass is 127. The molecule has 5 heteroatoms. The zero-order chi connectivity index (χ0) is 9.14. The third kappa shape index (κ3) is 2.34. The van der Waals surface area contributed by atoms with Crippen molar-refractivity contribution in [3.05, 3.63) is 18.9 Å². The Hall–Kier alpha value is 0.190. The fraction of sp³-hybridized carbons (Fsp3) is 0.286. The first kappa shape index (κ1) is 10.3. The summed E-state index contributed by atoms with van der Waals surface area (Å²) in [6.07, 6.45) is 0. The van der Waals surface area contributed by atoms with E-state index >= 15 is 0 Å². The lowest BCUT2D eigenvalue weighted by molar-refractivity contribution is 0.0526. The van der Waals surface area contributed by atoms with Crippen molar-refractivity contribution in [3.8, 4) is 0 Å². The van der Waals surface area contributed by atoms with Crippen LogP contribution < -0.4 is 0 Å². The van der Waals surface area contributed by atoms with E-state index in [0.717, 1.165) is 2.88 Å². The van der Waals surface area contributed by atoms with Crippen molar-refractivity contribution in [1.29, 1.82) is 0 Å². The van der Waals surface area contributed by atoms with Crippen LogP contribution in [0, 0.1) is 2.88 Å². The number of carbonyl (C=O) groups excluding carboxylic acids is 1. The average Bonchev–Trinajstić information content (AvgIpc) is 2.30. The molecule has 66 valence electrons. The van der Waals surface area contributed by atoms with E-state index in [1.54, 1.807) is 13.0 Å². The van der Waals surface area contributed by atoms with E-state index < -0.39 is 0 Å². The molecule has 0 saturated carbocycles. The van der Waals surface area contributed by atoms with Crippen LogP contribution in [-0.4, -0.2) is 12.6 Å². The van der Waals surface area contributed by atoms with E-state index in [2.05, 4.69) is 22.6 Å². The molecule has 0 atom stereocenters. The van der Waals surface area contributed by atoms with Crippen LogP contribution in [-0.2, 0) is 4.74 Å². The van der Waals surface area contributed by atoms with E-state index in [1.165, 1.54) is 11.3 Å². The predicted octanol–water partition coefficient (Wildman–Crippen LogP) is 3.18. The van der Waals surface area contributed by atoms with E-state index in [9.17, 15) is 4.79 Å². The molecule has 0 N–H and O–H groups in total. The zero-order valence-electron chi connectivity index (χ0n) is 6.27. The Bertz CT molecular complexity index is 298. The van der Waals surface area contributed by atoms with Gasteiger partial charge in [-0.05, 0) is 35.6 Å². The highest BCUT2D eigenvalue weighted by Crippen LogP contribution is 2.28. The topological polar surface area (TPSA) is 26.3 Å². The SMILES string of the molecule is CCOC(=O)c1cc(Cl)sc1I. The molecule has 0 saturated heterocycles. The quantitative estimate of drug-likeness (QED) is 0.619. The highest BCUT2D eigenvalue weighted by Gasteiger charge is 2.13. The van der Waals surface area contributed by atoms with Gasteiger partial charge in [-0.15, -0.1) is 11.3 Å². The van der Waals surface area contributed by atoms with Gasteiger partial charge in [0.1, 0.15) is 0 Å². The average molecular weight is 317 g/mol. The molecule has 1 heterocycles. The molecule has 0 fully saturated rings. The van der Waals surface area contributed by atoms with Gasteiger partial charge in [-0.25, -0.2) is 4.79 Å². The molecule has 0 radical (unpaired) electrons. The van der Waals surface area contributed by atoms with Gasteiger partial charge < -0.3 is 4.74 Å². The summed E-state index contributed by atoms with van der Waals surface area (Å²) in [6.45, 7) is 2.17. The lowest BCUT2D eigenvalue weighted by Gasteiger charge is -1.97. The third-order valence-corrected chi connectivity index (χ3v) is 3.45. The number of thiophene rings is 1. The molecular weight excluding hydrogens is 310 g/mol. The van der Waals surface area contributed by atoms with Crippen LogP contribution in [0.5, 0.6) is 0 Å². The minimum atomic E-state index is -0.301. The van der Waals surface area contributed by atoms with E-state index in [0.29, 0.717) is 16.5 Å². The van der Waals surface area contributed by atoms with Crippen LogP contribution in [0.4, 0.5) is 0 Å². The first-order valence-electron chi connectivity index (χ1n) is 3.27. The van der Waals surface area contributed by atoms with Gasteiger partial charge in [0, 0.05) is 0 Å². The van der Waals surface area contributed by atoms with Gasteiger partial charge in [-0.1, -0.05) is 11.6 Å². The first-order chi connectivity index (χ1) is 5.65. The third-order valence-electron chi connectivity index (χ3n) is 1.15. The number of hydrogen-bond donors (Lipinski definition) is 0. The van der Waals surface area contributed by atoms with E-state index in [1.807, 2.05) is 0 Å². The van der Waals surface area contributed by atoms with Crippen LogP contribution in [0.25, 0.3) is 0 Å². The van der Waals surface area contributed by atoms with Crippen molar-refractivity contribution in [2.24, 2.45) is 0 Å². The summed E-state index contributed by atoms with van der Waals surface area (Å²) < 4.78 is 6.31. The standard InChI is InChI=1S/C7H6ClIO2S/c1-2-11-7(10)4-3-5(8)12-6(4)9/h3H,2H2,1H3. The molecule has 0 aliphatic heterocycles. The summed E-state index contributed by atoms with van der Waals surface area (Å²) in [7, 11) is 0. The van der Waals surface area contributed by atoms with E-state index in [-0.39, 0.29) is 5.97 Å². The second-order valence-electron chi connectivity index (χ2n) is 1.96. The normalized spacial score (nSPS) is 9.92. The Morgan fingerprint density at radius 1 is 1.83 bits per heavy atom. The van der Waals surface area contributed by atoms with Crippen LogP contribution >= 0.6 is 45.5 Å². The highest BCUT2D eigenvalue weighted by molar-refractivity contribution is 14.1. The van der Waals surface area contributed by atoms with Crippen molar-refractivity contribution < 1.29 is 9.53 Å². The Morgan fingerprint density at radius 3 is 2.92 bits per heavy atom. The first-order valence-corrected chi connectivity index (χ1v) is 5.54. The molecule has 0 aromatic carbocycles. The molecule has 0 bridgehead atoms. The van der Waals surface area contributed by atoms with Crippen LogP contribution in [0.2, 0.25) is 4.34 Å². The lowest BCUT2D eigenvalue weighted by Crippen LogP contribution is -2.04. The summed E-state index contributed by atoms with van der Waals surface area (Å²) in [4.78, 5) is 11.2. The molecule has 1 rings (SSSR count). The molecule has 12 heavy (non-hydrogen) atoms. The van der Waals surface area contributed by atoms with Gasteiger partial charge in [-0.3, -0.25) is 0 Å². The van der Waals surface area contributed by atoms with E-state index in [4.69, 9.17) is 16.3 Å². The number of hydrogen-bond acceptors (Lipinski definition) is 3. The maximum absolute atomic E-state index is 11.2. The van der Waals surface area contributed by atoms with Gasteiger partial charge in [0.2, 0.25) is 0 Å². The number of carbonyl (C=O) groups is 1. The summed E-state index contributed by atoms with van der Waals surface area (Å²) in [5.74, 6) is -0.301. The number of esters is 1. The fourth-order valence-electron chi connectivity index (χ4n) is 0.688. The summed E-state index contributed by atoms with van der Waals surface area (Å²) in [5, 5.41) is 0. The zero-order valence-corrected chi connectivity index (χ0v) is 10.00. The number of ether oxygens (including phenoxy) is 1. The molecular formula is C7H6ClIO2S. The molecule has 1 aromatic rings. The van der Waals surface area contributed by atoms with Crippen molar-refractivity contribution in [1.82, 2.24) is 0 Å². The summed E-state index contributed by atoms with van der Waals surface area (Å²) in [6, 6.07) is 1.63. The molecule has 0 aliphatic rings. The fourth-order valence-corrected chi connectivity index (χ4v) is 3.11. The molecule has 0 aliphatic carbocycles. The Labute approximate surface area is 93.0 Å². The maximum Gasteiger partial charge on any atom is 0.340 e. The Kier molecular flexibility index (Phi) is 3.79. The molecule has 0 amide bonds. The molecule has 2 nitrogen and oxygen atoms in total. The van der Waals surface area contributed by atoms with Gasteiger partial charge in [-0.2, -0.15) is 0 Å². The summed E-state index contributed by atoms with van der Waals surface area (Å²) in [5.41, 5.74) is 0.562. The summed E-state index contributed by atoms with van der Waals surface area (Å²) >= 11 is 9.16. The minimum absolute atomic E-state index is 0.301. The Morgan fingerprint density at radius 2 is 2.50 bits per heavy atom. The van der Waals surface area contributed by atoms with Crippen molar-refractivity contribution in [3.63, 3.8) is 0 Å². The van der Waals surface area contributed by atoms with Gasteiger partial charge >= 0.3 is 5.97 Å². The second kappa shape index (κ2) is 4.43. The Balaban J connectivity index is 2.87. The predicted molar refractivity (Wildman–Crippen MR) is 58.0 cm³/mol. The smallest absolute Gasteiger partial charge is 0.340 e. The minimum Gasteiger partial charge on any atom is -0.462 e. The van der Waals surface area contributed by atoms with Gasteiger partial charge in [0.25, 0.3) is 0 Å².